The number of carbonyl (C=O) groups is 3. The van der Waals surface area contributed by atoms with Crippen molar-refractivity contribution >= 4 is 35.1 Å². The van der Waals surface area contributed by atoms with Crippen LogP contribution in [0, 0.1) is 12.8 Å². The Bertz CT molecular complexity index is 1130. The predicted octanol–water partition coefficient (Wildman–Crippen LogP) is 5.96. The van der Waals surface area contributed by atoms with Gasteiger partial charge in [0, 0.05) is 23.9 Å². The highest BCUT2D eigenvalue weighted by Gasteiger charge is 2.49. The van der Waals surface area contributed by atoms with E-state index in [2.05, 4.69) is 26.1 Å². The van der Waals surface area contributed by atoms with Crippen molar-refractivity contribution in [1.29, 1.82) is 0 Å². The van der Waals surface area contributed by atoms with Gasteiger partial charge in [0.25, 0.3) is 0 Å². The SMILES string of the molecule is CC(=O)Nc1cc(C(C)(C)C)c(SC2C(=O)CC(CCc3ccc(O)cc3)(C(C)C)OC2=O)cc1C. The van der Waals surface area contributed by atoms with E-state index in [0.717, 1.165) is 27.3 Å². The minimum Gasteiger partial charge on any atom is -0.508 e. The zero-order valence-corrected chi connectivity index (χ0v) is 23.0. The van der Waals surface area contributed by atoms with E-state index in [1.54, 1.807) is 12.1 Å². The van der Waals surface area contributed by atoms with Crippen molar-refractivity contribution in [1.82, 2.24) is 0 Å². The van der Waals surface area contributed by atoms with Crippen LogP contribution in [0.5, 0.6) is 5.75 Å². The zero-order chi connectivity index (χ0) is 26.8. The summed E-state index contributed by atoms with van der Waals surface area (Å²) in [5.74, 6) is -0.607. The Balaban J connectivity index is 1.85. The number of ketones is 1. The molecule has 2 aromatic carbocycles. The maximum absolute atomic E-state index is 13.4. The smallest absolute Gasteiger partial charge is 0.327 e. The molecule has 0 bridgehead atoms. The van der Waals surface area contributed by atoms with E-state index < -0.39 is 16.8 Å². The molecule has 2 N–H and O–H groups in total. The highest BCUT2D eigenvalue weighted by Crippen LogP contribution is 2.43. The van der Waals surface area contributed by atoms with E-state index in [0.29, 0.717) is 12.8 Å². The Kier molecular flexibility index (Phi) is 8.23. The fourth-order valence-electron chi connectivity index (χ4n) is 4.51. The Hall–Kier alpha value is -2.80. The molecule has 7 heteroatoms. The second-order valence-corrected chi connectivity index (χ2v) is 12.2. The van der Waals surface area contributed by atoms with E-state index in [9.17, 15) is 19.5 Å². The molecule has 0 radical (unpaired) electrons. The number of phenols is 1. The molecular weight excluding hydrogens is 474 g/mol. The summed E-state index contributed by atoms with van der Waals surface area (Å²) in [6.45, 7) is 13.5. The number of phenolic OH excluding ortho intramolecular Hbond substituents is 1. The lowest BCUT2D eigenvalue weighted by Gasteiger charge is -2.41. The van der Waals surface area contributed by atoms with Crippen LogP contribution < -0.4 is 5.32 Å². The fraction of sp³-hybridized carbons (Fsp3) is 0.483. The normalized spacial score (nSPS) is 20.4. The van der Waals surface area contributed by atoms with Gasteiger partial charge in [0.2, 0.25) is 5.91 Å². The van der Waals surface area contributed by atoms with Crippen LogP contribution in [0.2, 0.25) is 0 Å². The Labute approximate surface area is 218 Å². The summed E-state index contributed by atoms with van der Waals surface area (Å²) in [6.07, 6.45) is 1.33. The molecule has 2 aromatic rings. The third-order valence-electron chi connectivity index (χ3n) is 6.80. The number of nitrogens with one attached hydrogen (secondary N) is 1. The van der Waals surface area contributed by atoms with Gasteiger partial charge in [0.1, 0.15) is 11.4 Å². The quantitative estimate of drug-likeness (QED) is 0.352. The van der Waals surface area contributed by atoms with Crippen molar-refractivity contribution in [3.05, 3.63) is 53.1 Å². The molecule has 0 spiro atoms. The van der Waals surface area contributed by atoms with Crippen LogP contribution >= 0.6 is 11.8 Å². The maximum atomic E-state index is 13.4. The molecule has 0 aliphatic carbocycles. The number of benzene rings is 2. The van der Waals surface area contributed by atoms with Gasteiger partial charge in [-0.25, -0.2) is 0 Å². The van der Waals surface area contributed by atoms with Crippen molar-refractivity contribution in [2.45, 2.75) is 88.9 Å². The lowest BCUT2D eigenvalue weighted by molar-refractivity contribution is -0.176. The van der Waals surface area contributed by atoms with Crippen molar-refractivity contribution in [2.75, 3.05) is 5.32 Å². The maximum Gasteiger partial charge on any atom is 0.327 e. The van der Waals surface area contributed by atoms with Gasteiger partial charge >= 0.3 is 5.97 Å². The van der Waals surface area contributed by atoms with Gasteiger partial charge in [-0.15, -0.1) is 11.8 Å². The van der Waals surface area contributed by atoms with Gasteiger partial charge in [-0.05, 0) is 72.1 Å². The number of thioether (sulfide) groups is 1. The Morgan fingerprint density at radius 3 is 2.36 bits per heavy atom. The fourth-order valence-corrected chi connectivity index (χ4v) is 5.86. The first-order chi connectivity index (χ1) is 16.7. The van der Waals surface area contributed by atoms with Gasteiger partial charge in [-0.1, -0.05) is 46.8 Å². The second kappa shape index (κ2) is 10.7. The number of carbonyl (C=O) groups excluding carboxylic acids is 3. The minimum atomic E-state index is -0.933. The number of hydrogen-bond acceptors (Lipinski definition) is 6. The number of Topliss-reactive ketones (excluding diaryl/α,β-unsaturated/α-hetero) is 1. The average Bonchev–Trinajstić information content (AvgIpc) is 2.76. The second-order valence-electron chi connectivity index (χ2n) is 11.0. The third-order valence-corrected chi connectivity index (χ3v) is 8.08. The standard InChI is InChI=1S/C29H37NO5S/c1-17(2)29(13-12-20-8-10-21(32)11-9-20)16-24(33)26(27(34)35-29)36-25-14-18(3)23(30-19(4)31)15-22(25)28(5,6)7/h8-11,14-15,17,26,32H,12-13,16H2,1-7H3,(H,30,31). The largest absolute Gasteiger partial charge is 0.508 e. The molecule has 1 heterocycles. The average molecular weight is 512 g/mol. The monoisotopic (exact) mass is 511 g/mol. The molecule has 1 fully saturated rings. The van der Waals surface area contributed by atoms with Crippen molar-refractivity contribution in [3.63, 3.8) is 0 Å². The van der Waals surface area contributed by atoms with Gasteiger partial charge in [-0.2, -0.15) is 0 Å². The number of ether oxygens (including phenoxy) is 1. The number of aromatic hydroxyl groups is 1. The van der Waals surface area contributed by atoms with Crippen molar-refractivity contribution < 1.29 is 24.2 Å². The van der Waals surface area contributed by atoms with Crippen LogP contribution in [-0.2, 0) is 31.0 Å². The number of esters is 1. The van der Waals surface area contributed by atoms with Crippen LogP contribution in [0.15, 0.2) is 41.3 Å². The summed E-state index contributed by atoms with van der Waals surface area (Å²) < 4.78 is 6.08. The predicted molar refractivity (Wildman–Crippen MR) is 144 cm³/mol. The number of aryl methyl sites for hydroxylation is 2. The molecular formula is C29H37NO5S. The summed E-state index contributed by atoms with van der Waals surface area (Å²) in [4.78, 5) is 39.2. The summed E-state index contributed by atoms with van der Waals surface area (Å²) in [7, 11) is 0. The molecule has 1 aliphatic heterocycles. The lowest BCUT2D eigenvalue weighted by atomic mass is 9.78. The first-order valence-electron chi connectivity index (χ1n) is 12.3. The molecule has 0 saturated carbocycles. The third kappa shape index (κ3) is 6.30. The van der Waals surface area contributed by atoms with Crippen LogP contribution in [0.4, 0.5) is 5.69 Å². The molecule has 0 aromatic heterocycles. The van der Waals surface area contributed by atoms with Gasteiger partial charge in [0.15, 0.2) is 11.0 Å². The van der Waals surface area contributed by atoms with E-state index >= 15 is 0 Å². The van der Waals surface area contributed by atoms with E-state index in [1.807, 2.05) is 45.0 Å². The first-order valence-corrected chi connectivity index (χ1v) is 13.2. The van der Waals surface area contributed by atoms with Crippen molar-refractivity contribution in [2.24, 2.45) is 5.92 Å². The molecule has 1 aliphatic rings. The molecule has 36 heavy (non-hydrogen) atoms. The van der Waals surface area contributed by atoms with Gasteiger partial charge in [-0.3, -0.25) is 14.4 Å². The molecule has 1 amide bonds. The zero-order valence-electron chi connectivity index (χ0n) is 22.2. The molecule has 194 valence electrons. The van der Waals surface area contributed by atoms with E-state index in [1.165, 1.54) is 18.7 Å². The molecule has 2 unspecified atom stereocenters. The number of hydrogen-bond donors (Lipinski definition) is 2. The first kappa shape index (κ1) is 27.8. The molecule has 3 rings (SSSR count). The Morgan fingerprint density at radius 2 is 1.83 bits per heavy atom. The summed E-state index contributed by atoms with van der Waals surface area (Å²) in [5.41, 5.74) is 2.43. The number of anilines is 1. The highest BCUT2D eigenvalue weighted by molar-refractivity contribution is 8.01. The number of rotatable bonds is 7. The minimum absolute atomic E-state index is 0.0298. The van der Waals surface area contributed by atoms with E-state index in [4.69, 9.17) is 4.74 Å². The summed E-state index contributed by atoms with van der Waals surface area (Å²) >= 11 is 1.24. The van der Waals surface area contributed by atoms with Gasteiger partial charge in [0.05, 0.1) is 0 Å². The molecule has 6 nitrogen and oxygen atoms in total. The topological polar surface area (TPSA) is 92.7 Å². The summed E-state index contributed by atoms with van der Waals surface area (Å²) in [5, 5.41) is 11.5. The Morgan fingerprint density at radius 1 is 1.19 bits per heavy atom. The van der Waals surface area contributed by atoms with E-state index in [-0.39, 0.29) is 35.2 Å². The number of cyclic esters (lactones) is 1. The van der Waals surface area contributed by atoms with Gasteiger partial charge < -0.3 is 15.2 Å². The van der Waals surface area contributed by atoms with Crippen LogP contribution in [0.1, 0.15) is 71.1 Å². The van der Waals surface area contributed by atoms with Crippen LogP contribution in [0.3, 0.4) is 0 Å². The lowest BCUT2D eigenvalue weighted by Crippen LogP contribution is -2.52. The number of amides is 1. The van der Waals surface area contributed by atoms with Crippen LogP contribution in [-0.4, -0.2) is 33.6 Å². The van der Waals surface area contributed by atoms with Crippen LogP contribution in [0.25, 0.3) is 0 Å². The highest BCUT2D eigenvalue weighted by atomic mass is 32.2. The molecule has 2 atom stereocenters. The van der Waals surface area contributed by atoms with Crippen molar-refractivity contribution in [3.8, 4) is 5.75 Å². The summed E-state index contributed by atoms with van der Waals surface area (Å²) in [6, 6.07) is 10.8. The molecule has 1 saturated heterocycles.